The minimum Gasteiger partial charge on any atom is -0.495 e. The van der Waals surface area contributed by atoms with Gasteiger partial charge in [0.05, 0.1) is 49.9 Å². The van der Waals surface area contributed by atoms with Crippen LogP contribution in [-0.4, -0.2) is 54.1 Å². The third-order valence-corrected chi connectivity index (χ3v) is 9.15. The summed E-state index contributed by atoms with van der Waals surface area (Å²) in [6.45, 7) is 1.90. The highest BCUT2D eigenvalue weighted by atomic mass is 127. The molecule has 1 heterocycles. The van der Waals surface area contributed by atoms with Crippen molar-refractivity contribution in [2.45, 2.75) is 36.1 Å². The molecule has 0 radical (unpaired) electrons. The number of halogens is 5. The number of aryl methyl sites for hydroxylation is 1. The molecule has 0 fully saturated rings. The Labute approximate surface area is 283 Å². The minimum absolute atomic E-state index is 0.0317. The first kappa shape index (κ1) is 33.9. The van der Waals surface area contributed by atoms with Gasteiger partial charge in [0, 0.05) is 27.3 Å². The van der Waals surface area contributed by atoms with Crippen LogP contribution < -0.4 is 9.47 Å². The number of methoxy groups -OCH3 is 1. The van der Waals surface area contributed by atoms with E-state index in [0.29, 0.717) is 41.4 Å². The molecule has 3 aromatic carbocycles. The Morgan fingerprint density at radius 1 is 0.956 bits per heavy atom. The fourth-order valence-corrected chi connectivity index (χ4v) is 6.86. The Balaban J connectivity index is 1.39. The normalized spacial score (nSPS) is 14.4. The van der Waals surface area contributed by atoms with Crippen LogP contribution in [0.25, 0.3) is 5.69 Å². The van der Waals surface area contributed by atoms with Crippen LogP contribution in [0.3, 0.4) is 0 Å². The smallest absolute Gasteiger partial charge is 0.173 e. The second-order valence-corrected chi connectivity index (χ2v) is 12.7. The SMILES string of the molecule is COc1cc(C2CCCc3nc(SCc4c(F)ccc(OCCOCCOCCI)c4F)n(-c4ccc(F)cc4)c32)ccc1Cl. The number of hydrogen-bond donors (Lipinski definition) is 0. The number of benzene rings is 3. The average Bonchev–Trinajstić information content (AvgIpc) is 3.42. The lowest BCUT2D eigenvalue weighted by Crippen LogP contribution is -2.15. The van der Waals surface area contributed by atoms with Crippen LogP contribution in [0, 0.1) is 17.5 Å². The predicted octanol–water partition coefficient (Wildman–Crippen LogP) is 8.56. The van der Waals surface area contributed by atoms with Gasteiger partial charge in [0.2, 0.25) is 0 Å². The zero-order chi connectivity index (χ0) is 31.8. The zero-order valence-electron chi connectivity index (χ0n) is 24.7. The number of ether oxygens (including phenoxy) is 4. The molecule has 0 aliphatic heterocycles. The number of rotatable bonds is 15. The summed E-state index contributed by atoms with van der Waals surface area (Å²) >= 11 is 9.76. The second kappa shape index (κ2) is 16.4. The summed E-state index contributed by atoms with van der Waals surface area (Å²) in [6, 6.07) is 14.3. The van der Waals surface area contributed by atoms with Crippen molar-refractivity contribution >= 4 is 46.0 Å². The largest absolute Gasteiger partial charge is 0.495 e. The summed E-state index contributed by atoms with van der Waals surface area (Å²) in [4.78, 5) is 4.95. The van der Waals surface area contributed by atoms with Crippen molar-refractivity contribution in [3.8, 4) is 17.2 Å². The second-order valence-electron chi connectivity index (χ2n) is 10.3. The molecule has 0 amide bonds. The fraction of sp³-hybridized carbons (Fsp3) is 0.364. The molecule has 4 aromatic rings. The Morgan fingerprint density at radius 3 is 2.47 bits per heavy atom. The van der Waals surface area contributed by atoms with Gasteiger partial charge in [0.25, 0.3) is 0 Å². The van der Waals surface area contributed by atoms with Crippen LogP contribution in [0.15, 0.2) is 59.8 Å². The van der Waals surface area contributed by atoms with Gasteiger partial charge in [0.1, 0.15) is 24.0 Å². The maximum Gasteiger partial charge on any atom is 0.173 e. The van der Waals surface area contributed by atoms with Crippen molar-refractivity contribution in [1.82, 2.24) is 9.55 Å². The Kier molecular flexibility index (Phi) is 12.4. The van der Waals surface area contributed by atoms with Crippen LogP contribution in [0.5, 0.6) is 11.5 Å². The molecule has 0 N–H and O–H groups in total. The topological polar surface area (TPSA) is 54.7 Å². The van der Waals surface area contributed by atoms with E-state index in [1.165, 1.54) is 36.0 Å². The molecule has 0 saturated heterocycles. The van der Waals surface area contributed by atoms with Gasteiger partial charge in [-0.15, -0.1) is 0 Å². The van der Waals surface area contributed by atoms with Gasteiger partial charge in [-0.3, -0.25) is 4.57 Å². The van der Waals surface area contributed by atoms with Gasteiger partial charge >= 0.3 is 0 Å². The maximum atomic E-state index is 15.5. The lowest BCUT2D eigenvalue weighted by Gasteiger charge is -2.26. The molecule has 1 aromatic heterocycles. The number of thioether (sulfide) groups is 1. The van der Waals surface area contributed by atoms with Crippen molar-refractivity contribution in [2.75, 3.05) is 44.6 Å². The summed E-state index contributed by atoms with van der Waals surface area (Å²) in [5, 5.41) is 1.07. The number of aromatic nitrogens is 2. The summed E-state index contributed by atoms with van der Waals surface area (Å²) in [5.74, 6) is -1.35. The average molecular weight is 773 g/mol. The highest BCUT2D eigenvalue weighted by Gasteiger charge is 2.31. The van der Waals surface area contributed by atoms with E-state index < -0.39 is 11.6 Å². The maximum absolute atomic E-state index is 15.5. The van der Waals surface area contributed by atoms with E-state index in [1.54, 1.807) is 19.2 Å². The van der Waals surface area contributed by atoms with E-state index in [1.807, 2.05) is 22.8 Å². The molecule has 45 heavy (non-hydrogen) atoms. The highest BCUT2D eigenvalue weighted by Crippen LogP contribution is 2.43. The quantitative estimate of drug-likeness (QED) is 0.0523. The van der Waals surface area contributed by atoms with Crippen molar-refractivity contribution in [3.05, 3.63) is 99.6 Å². The van der Waals surface area contributed by atoms with E-state index in [0.717, 1.165) is 40.6 Å². The Morgan fingerprint density at radius 2 is 1.71 bits per heavy atom. The van der Waals surface area contributed by atoms with Crippen LogP contribution >= 0.6 is 46.0 Å². The first-order valence-corrected chi connectivity index (χ1v) is 17.4. The molecule has 0 bridgehead atoms. The molecule has 1 atom stereocenters. The van der Waals surface area contributed by atoms with Crippen LogP contribution in [0.1, 0.15) is 41.3 Å². The monoisotopic (exact) mass is 772 g/mol. The zero-order valence-corrected chi connectivity index (χ0v) is 28.4. The molecule has 1 aliphatic rings. The summed E-state index contributed by atoms with van der Waals surface area (Å²) < 4.78 is 69.2. The van der Waals surface area contributed by atoms with Crippen molar-refractivity contribution < 1.29 is 32.1 Å². The van der Waals surface area contributed by atoms with Gasteiger partial charge in [0.15, 0.2) is 16.7 Å². The molecule has 240 valence electrons. The summed E-state index contributed by atoms with van der Waals surface area (Å²) in [6.07, 6.45) is 2.51. The standard InChI is InChI=1S/C33H33ClF3IN2O4S/c1-41-30-19-21(5-10-26(30)34)24-3-2-4-28-32(24)40(23-8-6-22(35)7-9-23)33(39-28)45-20-25-27(36)11-12-29(31(25)37)44-18-17-43-16-15-42-14-13-38/h5-12,19,24H,2-4,13-18,20H2,1H3. The van der Waals surface area contributed by atoms with Crippen LogP contribution in [0.4, 0.5) is 13.2 Å². The molecule has 6 nitrogen and oxygen atoms in total. The van der Waals surface area contributed by atoms with Gasteiger partial charge < -0.3 is 18.9 Å². The summed E-state index contributed by atoms with van der Waals surface area (Å²) in [7, 11) is 1.58. The number of fused-ring (bicyclic) bond motifs is 1. The van der Waals surface area contributed by atoms with Gasteiger partial charge in [-0.1, -0.05) is 52.0 Å². The molecule has 1 unspecified atom stereocenters. The van der Waals surface area contributed by atoms with Crippen molar-refractivity contribution in [2.24, 2.45) is 0 Å². The molecular formula is C33H33ClF3IN2O4S. The minimum atomic E-state index is -0.760. The van der Waals surface area contributed by atoms with E-state index in [-0.39, 0.29) is 42.0 Å². The molecular weight excluding hydrogens is 740 g/mol. The molecule has 1 aliphatic carbocycles. The van der Waals surface area contributed by atoms with Crippen molar-refractivity contribution in [1.29, 1.82) is 0 Å². The van der Waals surface area contributed by atoms with E-state index in [9.17, 15) is 8.78 Å². The van der Waals surface area contributed by atoms with E-state index >= 15 is 4.39 Å². The Bertz CT molecular complexity index is 1590. The third kappa shape index (κ3) is 8.29. The molecule has 0 spiro atoms. The number of alkyl halides is 1. The van der Waals surface area contributed by atoms with E-state index in [4.69, 9.17) is 35.5 Å². The molecule has 5 rings (SSSR count). The lowest BCUT2D eigenvalue weighted by molar-refractivity contribution is 0.0412. The number of hydrogen-bond acceptors (Lipinski definition) is 6. The molecule has 12 heteroatoms. The summed E-state index contributed by atoms with van der Waals surface area (Å²) in [5.41, 5.74) is 3.45. The first-order chi connectivity index (χ1) is 21.9. The fourth-order valence-electron chi connectivity index (χ4n) is 5.30. The van der Waals surface area contributed by atoms with Crippen LogP contribution in [-0.2, 0) is 21.6 Å². The number of nitrogens with zero attached hydrogens (tertiary/aromatic N) is 2. The van der Waals surface area contributed by atoms with Gasteiger partial charge in [-0.2, -0.15) is 0 Å². The van der Waals surface area contributed by atoms with Gasteiger partial charge in [-0.05, 0) is 73.4 Å². The Hall–Kier alpha value is -2.45. The highest BCUT2D eigenvalue weighted by molar-refractivity contribution is 14.1. The van der Waals surface area contributed by atoms with Crippen molar-refractivity contribution in [3.63, 3.8) is 0 Å². The first-order valence-electron chi connectivity index (χ1n) is 14.6. The van der Waals surface area contributed by atoms with Gasteiger partial charge in [-0.25, -0.2) is 18.2 Å². The number of imidazole rings is 1. The predicted molar refractivity (Wildman–Crippen MR) is 178 cm³/mol. The molecule has 0 saturated carbocycles. The van der Waals surface area contributed by atoms with E-state index in [2.05, 4.69) is 22.6 Å². The lowest BCUT2D eigenvalue weighted by atomic mass is 9.84. The van der Waals surface area contributed by atoms with Crippen LogP contribution in [0.2, 0.25) is 5.02 Å². The third-order valence-electron chi connectivity index (χ3n) is 7.43.